The van der Waals surface area contributed by atoms with Gasteiger partial charge in [0.25, 0.3) is 10.0 Å². The van der Waals surface area contributed by atoms with Crippen molar-refractivity contribution in [3.05, 3.63) is 16.5 Å². The van der Waals surface area contributed by atoms with Gasteiger partial charge in [0.2, 0.25) is 0 Å². The maximum absolute atomic E-state index is 12.4. The molecule has 0 aliphatic carbocycles. The lowest BCUT2D eigenvalue weighted by atomic mass is 10.00. The molecule has 8 heteroatoms. The Bertz CT molecular complexity index is 617. The van der Waals surface area contributed by atoms with Gasteiger partial charge in [-0.15, -0.1) is 11.3 Å². The van der Waals surface area contributed by atoms with E-state index in [-0.39, 0.29) is 16.5 Å². The molecule has 1 aromatic heterocycles. The third-order valence-electron chi connectivity index (χ3n) is 3.43. The Morgan fingerprint density at radius 3 is 2.76 bits per heavy atom. The molecule has 0 amide bonds. The Kier molecular flexibility index (Phi) is 5.03. The van der Waals surface area contributed by atoms with Crippen LogP contribution in [0.1, 0.15) is 23.3 Å². The van der Waals surface area contributed by atoms with Crippen molar-refractivity contribution in [3.8, 4) is 0 Å². The molecule has 1 fully saturated rings. The minimum atomic E-state index is -3.81. The summed E-state index contributed by atoms with van der Waals surface area (Å²) in [6, 6.07) is 0.656. The molecule has 118 valence electrons. The van der Waals surface area contributed by atoms with Crippen LogP contribution in [-0.2, 0) is 19.6 Å². The number of carboxylic acid groups (broad SMARTS) is 1. The smallest absolute Gasteiger partial charge is 0.321 e. The second kappa shape index (κ2) is 6.43. The standard InChI is InChI=1S/C13H19NO5S2/c1-8-5-9(2)20-13(8)21(17,18)14-11(12(15)16)6-10-3-4-19-7-10/h5,10-11,14H,3-4,6-7H2,1-2H3,(H,15,16). The lowest BCUT2D eigenvalue weighted by molar-refractivity contribution is -0.139. The largest absolute Gasteiger partial charge is 0.480 e. The zero-order chi connectivity index (χ0) is 15.6. The second-order valence-electron chi connectivity index (χ2n) is 5.30. The van der Waals surface area contributed by atoms with Gasteiger partial charge in [-0.2, -0.15) is 4.72 Å². The maximum atomic E-state index is 12.4. The van der Waals surface area contributed by atoms with Crippen molar-refractivity contribution in [1.82, 2.24) is 4.72 Å². The van der Waals surface area contributed by atoms with E-state index in [9.17, 15) is 18.3 Å². The number of nitrogens with one attached hydrogen (secondary N) is 1. The normalized spacial score (nSPS) is 20.6. The van der Waals surface area contributed by atoms with E-state index in [0.717, 1.165) is 22.6 Å². The van der Waals surface area contributed by atoms with Crippen molar-refractivity contribution in [2.75, 3.05) is 13.2 Å². The fraction of sp³-hybridized carbons (Fsp3) is 0.615. The van der Waals surface area contributed by atoms with Gasteiger partial charge in [-0.3, -0.25) is 4.79 Å². The topological polar surface area (TPSA) is 92.7 Å². The van der Waals surface area contributed by atoms with Crippen LogP contribution in [0.15, 0.2) is 10.3 Å². The highest BCUT2D eigenvalue weighted by Crippen LogP contribution is 2.27. The zero-order valence-corrected chi connectivity index (χ0v) is 13.6. The molecule has 21 heavy (non-hydrogen) atoms. The first-order valence-corrected chi connectivity index (χ1v) is 8.99. The van der Waals surface area contributed by atoms with E-state index in [2.05, 4.69) is 4.72 Å². The number of sulfonamides is 1. The average molecular weight is 333 g/mol. The molecule has 2 unspecified atom stereocenters. The predicted molar refractivity (Wildman–Crippen MR) is 79.1 cm³/mol. The first-order valence-electron chi connectivity index (χ1n) is 6.69. The van der Waals surface area contributed by atoms with E-state index in [0.29, 0.717) is 18.8 Å². The number of rotatable bonds is 6. The summed E-state index contributed by atoms with van der Waals surface area (Å²) in [5, 5.41) is 9.25. The predicted octanol–water partition coefficient (Wildman–Crippen LogP) is 1.52. The Hall–Kier alpha value is -0.960. The summed E-state index contributed by atoms with van der Waals surface area (Å²) in [5.41, 5.74) is 0.637. The number of carboxylic acids is 1. The van der Waals surface area contributed by atoms with Gasteiger partial charge in [-0.05, 0) is 44.2 Å². The fourth-order valence-corrected chi connectivity index (χ4v) is 5.32. The van der Waals surface area contributed by atoms with Crippen LogP contribution in [0.4, 0.5) is 0 Å². The van der Waals surface area contributed by atoms with Crippen LogP contribution in [0.3, 0.4) is 0 Å². The zero-order valence-electron chi connectivity index (χ0n) is 12.0. The molecule has 0 spiro atoms. The highest BCUT2D eigenvalue weighted by molar-refractivity contribution is 7.91. The number of aliphatic carboxylic acids is 1. The molecule has 2 rings (SSSR count). The van der Waals surface area contributed by atoms with Gasteiger partial charge in [-0.25, -0.2) is 8.42 Å². The van der Waals surface area contributed by atoms with Gasteiger partial charge in [0, 0.05) is 18.1 Å². The van der Waals surface area contributed by atoms with Gasteiger partial charge in [0.15, 0.2) is 0 Å². The van der Waals surface area contributed by atoms with Crippen LogP contribution in [0, 0.1) is 19.8 Å². The first kappa shape index (κ1) is 16.4. The first-order chi connectivity index (χ1) is 9.79. The van der Waals surface area contributed by atoms with E-state index >= 15 is 0 Å². The van der Waals surface area contributed by atoms with Gasteiger partial charge in [0.1, 0.15) is 10.3 Å². The third kappa shape index (κ3) is 4.03. The van der Waals surface area contributed by atoms with Crippen molar-refractivity contribution >= 4 is 27.3 Å². The lowest BCUT2D eigenvalue weighted by Gasteiger charge is -2.17. The number of hydrogen-bond donors (Lipinski definition) is 2. The third-order valence-corrected chi connectivity index (χ3v) is 6.69. The van der Waals surface area contributed by atoms with Gasteiger partial charge < -0.3 is 9.84 Å². The number of ether oxygens (including phenoxy) is 1. The molecule has 0 saturated carbocycles. The number of aryl methyl sites for hydroxylation is 2. The fourth-order valence-electron chi connectivity index (χ4n) is 2.43. The van der Waals surface area contributed by atoms with Crippen LogP contribution in [-0.4, -0.2) is 38.7 Å². The highest BCUT2D eigenvalue weighted by Gasteiger charge is 2.31. The summed E-state index contributed by atoms with van der Waals surface area (Å²) in [6.07, 6.45) is 1.01. The van der Waals surface area contributed by atoms with Crippen LogP contribution in [0.5, 0.6) is 0 Å². The summed E-state index contributed by atoms with van der Waals surface area (Å²) in [6.45, 7) is 4.62. The van der Waals surface area contributed by atoms with Crippen LogP contribution >= 0.6 is 11.3 Å². The summed E-state index contributed by atoms with van der Waals surface area (Å²) in [5.74, 6) is -1.07. The molecular weight excluding hydrogens is 314 g/mol. The summed E-state index contributed by atoms with van der Waals surface area (Å²) in [7, 11) is -3.81. The Morgan fingerprint density at radius 2 is 2.29 bits per heavy atom. The highest BCUT2D eigenvalue weighted by atomic mass is 32.2. The number of thiophene rings is 1. The molecule has 1 aliphatic rings. The summed E-state index contributed by atoms with van der Waals surface area (Å²) >= 11 is 1.15. The minimum absolute atomic E-state index is 0.0833. The number of hydrogen-bond acceptors (Lipinski definition) is 5. The monoisotopic (exact) mass is 333 g/mol. The molecule has 0 bridgehead atoms. The molecular formula is C13H19NO5S2. The lowest BCUT2D eigenvalue weighted by Crippen LogP contribution is -2.42. The molecule has 0 aromatic carbocycles. The molecule has 6 nitrogen and oxygen atoms in total. The summed E-state index contributed by atoms with van der Waals surface area (Å²) in [4.78, 5) is 12.2. The van der Waals surface area contributed by atoms with Crippen LogP contribution in [0.25, 0.3) is 0 Å². The van der Waals surface area contributed by atoms with E-state index in [1.165, 1.54) is 0 Å². The average Bonchev–Trinajstić information content (AvgIpc) is 2.98. The second-order valence-corrected chi connectivity index (χ2v) is 8.47. The quantitative estimate of drug-likeness (QED) is 0.823. The Balaban J connectivity index is 2.15. The van der Waals surface area contributed by atoms with Crippen LogP contribution < -0.4 is 4.72 Å². The molecule has 1 saturated heterocycles. The SMILES string of the molecule is Cc1cc(C)c(S(=O)(=O)NC(CC2CCOC2)C(=O)O)s1. The van der Waals surface area contributed by atoms with E-state index in [1.54, 1.807) is 13.0 Å². The molecule has 2 N–H and O–H groups in total. The van der Waals surface area contributed by atoms with E-state index in [1.807, 2.05) is 6.92 Å². The maximum Gasteiger partial charge on any atom is 0.321 e. The van der Waals surface area contributed by atoms with Crippen LogP contribution in [0.2, 0.25) is 0 Å². The van der Waals surface area contributed by atoms with Crippen molar-refractivity contribution in [2.24, 2.45) is 5.92 Å². The van der Waals surface area contributed by atoms with Gasteiger partial charge >= 0.3 is 5.97 Å². The van der Waals surface area contributed by atoms with Crippen molar-refractivity contribution < 1.29 is 23.1 Å². The Morgan fingerprint density at radius 1 is 1.57 bits per heavy atom. The molecule has 2 heterocycles. The molecule has 0 radical (unpaired) electrons. The Labute approximate surface area is 128 Å². The minimum Gasteiger partial charge on any atom is -0.480 e. The number of carbonyl (C=O) groups is 1. The van der Waals surface area contributed by atoms with Crippen molar-refractivity contribution in [2.45, 2.75) is 36.9 Å². The van der Waals surface area contributed by atoms with Gasteiger partial charge in [0.05, 0.1) is 0 Å². The molecule has 1 aromatic rings. The van der Waals surface area contributed by atoms with Crippen molar-refractivity contribution in [3.63, 3.8) is 0 Å². The van der Waals surface area contributed by atoms with E-state index in [4.69, 9.17) is 4.74 Å². The molecule has 1 aliphatic heterocycles. The van der Waals surface area contributed by atoms with Crippen molar-refractivity contribution in [1.29, 1.82) is 0 Å². The van der Waals surface area contributed by atoms with Gasteiger partial charge in [-0.1, -0.05) is 0 Å². The molecule has 2 atom stereocenters. The summed E-state index contributed by atoms with van der Waals surface area (Å²) < 4.78 is 32.4. The van der Waals surface area contributed by atoms with E-state index < -0.39 is 22.0 Å².